The number of nitrogens with one attached hydrogen (secondary N) is 1. The van der Waals surface area contributed by atoms with Gasteiger partial charge in [-0.3, -0.25) is 18.2 Å². The number of rotatable bonds is 8. The lowest BCUT2D eigenvalue weighted by Gasteiger charge is -2.24. The molecule has 0 fully saturated rings. The SMILES string of the molecule is CCOc1ccc(N(CC(=O)Nc2ccc3c(c2)n(C)c(=O)n3C)S(=O)(=O)c2ccc(Cl)cc2)cc1. The van der Waals surface area contributed by atoms with E-state index >= 15 is 0 Å². The van der Waals surface area contributed by atoms with E-state index in [2.05, 4.69) is 5.32 Å². The van der Waals surface area contributed by atoms with Crippen LogP contribution in [0.1, 0.15) is 6.92 Å². The van der Waals surface area contributed by atoms with E-state index in [-0.39, 0.29) is 10.6 Å². The number of halogens is 1. The molecule has 0 aliphatic heterocycles. The molecule has 0 saturated heterocycles. The third-order valence-electron chi connectivity index (χ3n) is 5.68. The van der Waals surface area contributed by atoms with E-state index in [1.165, 1.54) is 33.4 Å². The number of nitrogens with zero attached hydrogens (tertiary/aromatic N) is 3. The third kappa shape index (κ3) is 4.95. The number of carbonyl (C=O) groups is 1. The molecule has 0 aliphatic rings. The van der Waals surface area contributed by atoms with Crippen molar-refractivity contribution < 1.29 is 17.9 Å². The zero-order chi connectivity index (χ0) is 26.0. The van der Waals surface area contributed by atoms with Gasteiger partial charge in [-0.2, -0.15) is 0 Å². The first-order valence-corrected chi connectivity index (χ1v) is 12.9. The summed E-state index contributed by atoms with van der Waals surface area (Å²) in [6.45, 7) is 1.83. The van der Waals surface area contributed by atoms with Crippen molar-refractivity contribution in [2.75, 3.05) is 22.8 Å². The van der Waals surface area contributed by atoms with Crippen LogP contribution in [0.4, 0.5) is 11.4 Å². The molecular weight excluding hydrogens is 504 g/mol. The number of hydrogen-bond acceptors (Lipinski definition) is 5. The molecule has 1 heterocycles. The van der Waals surface area contributed by atoms with Gasteiger partial charge in [-0.05, 0) is 73.7 Å². The number of ether oxygens (including phenoxy) is 1. The van der Waals surface area contributed by atoms with Crippen LogP contribution in [0.5, 0.6) is 5.75 Å². The molecule has 1 aromatic heterocycles. The Hall–Kier alpha value is -3.76. The number of anilines is 2. The van der Waals surface area contributed by atoms with Crippen molar-refractivity contribution >= 4 is 49.9 Å². The van der Waals surface area contributed by atoms with E-state index in [0.717, 1.165) is 4.31 Å². The molecule has 0 bridgehead atoms. The van der Waals surface area contributed by atoms with Crippen molar-refractivity contribution in [1.29, 1.82) is 0 Å². The maximum Gasteiger partial charge on any atom is 0.328 e. The van der Waals surface area contributed by atoms with Gasteiger partial charge in [-0.25, -0.2) is 13.2 Å². The Morgan fingerprint density at radius 3 is 2.25 bits per heavy atom. The molecule has 0 atom stereocenters. The summed E-state index contributed by atoms with van der Waals surface area (Å²) in [6, 6.07) is 17.2. The first-order chi connectivity index (χ1) is 17.1. The minimum atomic E-state index is -4.10. The van der Waals surface area contributed by atoms with Gasteiger partial charge in [-0.15, -0.1) is 0 Å². The number of hydrogen-bond donors (Lipinski definition) is 1. The van der Waals surface area contributed by atoms with Crippen LogP contribution in [0, 0.1) is 0 Å². The van der Waals surface area contributed by atoms with Crippen molar-refractivity contribution in [2.45, 2.75) is 11.8 Å². The van der Waals surface area contributed by atoms with E-state index in [9.17, 15) is 18.0 Å². The van der Waals surface area contributed by atoms with Crippen LogP contribution in [-0.2, 0) is 28.9 Å². The predicted molar refractivity (Wildman–Crippen MR) is 140 cm³/mol. The highest BCUT2D eigenvalue weighted by Crippen LogP contribution is 2.27. The molecular formula is C25H25ClN4O5S. The highest BCUT2D eigenvalue weighted by molar-refractivity contribution is 7.92. The fourth-order valence-corrected chi connectivity index (χ4v) is 5.39. The quantitative estimate of drug-likeness (QED) is 0.375. The van der Waals surface area contributed by atoms with E-state index in [1.807, 2.05) is 6.92 Å². The number of benzene rings is 3. The maximum absolute atomic E-state index is 13.5. The van der Waals surface area contributed by atoms with Gasteiger partial charge in [0.05, 0.1) is 28.2 Å². The van der Waals surface area contributed by atoms with E-state index in [0.29, 0.717) is 39.8 Å². The van der Waals surface area contributed by atoms with Gasteiger partial charge < -0.3 is 10.1 Å². The maximum atomic E-state index is 13.5. The largest absolute Gasteiger partial charge is 0.494 e. The standard InChI is InChI=1S/C25H25ClN4O5S/c1-4-35-20-10-8-19(9-11-20)30(36(33,34)21-12-5-17(26)6-13-21)16-24(31)27-18-7-14-22-23(15-18)29(3)25(32)28(22)2/h5-15H,4,16H2,1-3H3,(H,27,31). The molecule has 0 spiro atoms. The van der Waals surface area contributed by atoms with Gasteiger partial charge in [0.1, 0.15) is 12.3 Å². The molecule has 4 aromatic rings. The Morgan fingerprint density at radius 2 is 1.61 bits per heavy atom. The fraction of sp³-hybridized carbons (Fsp3) is 0.200. The minimum Gasteiger partial charge on any atom is -0.494 e. The van der Waals surface area contributed by atoms with Crippen molar-refractivity contribution in [3.05, 3.63) is 82.2 Å². The van der Waals surface area contributed by atoms with E-state index in [4.69, 9.17) is 16.3 Å². The monoisotopic (exact) mass is 528 g/mol. The summed E-state index contributed by atoms with van der Waals surface area (Å²) in [4.78, 5) is 25.3. The number of fused-ring (bicyclic) bond motifs is 1. The van der Waals surface area contributed by atoms with Crippen molar-refractivity contribution in [3.63, 3.8) is 0 Å². The average Bonchev–Trinajstić information content (AvgIpc) is 3.07. The number of imidazole rings is 1. The second kappa shape index (κ2) is 10.1. The lowest BCUT2D eigenvalue weighted by molar-refractivity contribution is -0.114. The summed E-state index contributed by atoms with van der Waals surface area (Å²) in [7, 11) is -0.795. The average molecular weight is 529 g/mol. The second-order valence-electron chi connectivity index (χ2n) is 8.04. The van der Waals surface area contributed by atoms with Crippen molar-refractivity contribution in [3.8, 4) is 5.75 Å². The summed E-state index contributed by atoms with van der Waals surface area (Å²) < 4.78 is 36.5. The van der Waals surface area contributed by atoms with Crippen LogP contribution in [0.3, 0.4) is 0 Å². The minimum absolute atomic E-state index is 0.00529. The van der Waals surface area contributed by atoms with Gasteiger partial charge in [0.25, 0.3) is 10.0 Å². The second-order valence-corrected chi connectivity index (χ2v) is 10.3. The molecule has 11 heteroatoms. The van der Waals surface area contributed by atoms with E-state index in [1.54, 1.807) is 56.6 Å². The molecule has 1 amide bonds. The van der Waals surface area contributed by atoms with Gasteiger partial charge in [-0.1, -0.05) is 11.6 Å². The Morgan fingerprint density at radius 1 is 0.972 bits per heavy atom. The summed E-state index contributed by atoms with van der Waals surface area (Å²) in [5.41, 5.74) is 1.89. The van der Waals surface area contributed by atoms with E-state index < -0.39 is 22.5 Å². The van der Waals surface area contributed by atoms with Gasteiger partial charge in [0.2, 0.25) is 5.91 Å². The number of aromatic nitrogens is 2. The zero-order valence-corrected chi connectivity index (χ0v) is 21.5. The molecule has 9 nitrogen and oxygen atoms in total. The highest BCUT2D eigenvalue weighted by Gasteiger charge is 2.27. The molecule has 0 aliphatic carbocycles. The molecule has 0 radical (unpaired) electrons. The molecule has 3 aromatic carbocycles. The molecule has 0 saturated carbocycles. The van der Waals surface area contributed by atoms with Crippen LogP contribution in [0.25, 0.3) is 11.0 Å². The molecule has 4 rings (SSSR count). The zero-order valence-electron chi connectivity index (χ0n) is 19.9. The molecule has 0 unspecified atom stereocenters. The summed E-state index contributed by atoms with van der Waals surface area (Å²) in [5, 5.41) is 3.13. The van der Waals surface area contributed by atoms with Crippen LogP contribution < -0.4 is 20.0 Å². The van der Waals surface area contributed by atoms with Crippen LogP contribution in [0.15, 0.2) is 76.4 Å². The van der Waals surface area contributed by atoms with Gasteiger partial charge >= 0.3 is 5.69 Å². The predicted octanol–water partition coefficient (Wildman–Crippen LogP) is 3.76. The molecule has 1 N–H and O–H groups in total. The number of carbonyl (C=O) groups excluding carboxylic acids is 1. The highest BCUT2D eigenvalue weighted by atomic mass is 35.5. The Balaban J connectivity index is 1.66. The van der Waals surface area contributed by atoms with Gasteiger partial charge in [0.15, 0.2) is 0 Å². The number of amides is 1. The number of aryl methyl sites for hydroxylation is 2. The first-order valence-electron chi connectivity index (χ1n) is 11.1. The Bertz CT molecular complexity index is 1580. The van der Waals surface area contributed by atoms with Crippen LogP contribution >= 0.6 is 11.6 Å². The Kier molecular flexibility index (Phi) is 7.09. The fourth-order valence-electron chi connectivity index (χ4n) is 3.84. The van der Waals surface area contributed by atoms with Gasteiger partial charge in [0, 0.05) is 24.8 Å². The normalized spacial score (nSPS) is 11.4. The number of sulfonamides is 1. The molecule has 188 valence electrons. The molecule has 36 heavy (non-hydrogen) atoms. The summed E-state index contributed by atoms with van der Waals surface area (Å²) >= 11 is 5.93. The van der Waals surface area contributed by atoms with Crippen molar-refractivity contribution in [1.82, 2.24) is 9.13 Å². The topological polar surface area (TPSA) is 103 Å². The summed E-state index contributed by atoms with van der Waals surface area (Å²) in [5.74, 6) is 0.0259. The smallest absolute Gasteiger partial charge is 0.328 e. The van der Waals surface area contributed by atoms with Crippen molar-refractivity contribution in [2.24, 2.45) is 14.1 Å². The Labute approximate surface area is 213 Å². The lowest BCUT2D eigenvalue weighted by atomic mass is 10.2. The summed E-state index contributed by atoms with van der Waals surface area (Å²) in [6.07, 6.45) is 0. The third-order valence-corrected chi connectivity index (χ3v) is 7.72. The van der Waals surface area contributed by atoms with Crippen LogP contribution in [0.2, 0.25) is 5.02 Å². The lowest BCUT2D eigenvalue weighted by Crippen LogP contribution is -2.38. The first kappa shape index (κ1) is 25.3. The van der Waals surface area contributed by atoms with Crippen LogP contribution in [-0.4, -0.2) is 36.6 Å².